The van der Waals surface area contributed by atoms with E-state index in [1.807, 2.05) is 42.5 Å². The van der Waals surface area contributed by atoms with Crippen molar-refractivity contribution in [1.82, 2.24) is 5.32 Å². The number of fused-ring (bicyclic) bond motifs is 1. The zero-order valence-corrected chi connectivity index (χ0v) is 23.6. The number of aliphatic hydroxyl groups is 1. The summed E-state index contributed by atoms with van der Waals surface area (Å²) in [7, 11) is 1.48. The molecule has 12 nitrogen and oxygen atoms in total. The molecule has 224 valence electrons. The standard InChI is InChI=1S/C29H37NO11/c1-18(31)27(34)40-20(3)29(36)41-19(2)28(35)39-17-24(30-25(32)11-12-26(33)38-14-13-37-4)16-21-9-10-22-7-5-6-8-23(22)15-21/h5-10,15,18-20,24,31H,11-14,16-17H2,1-4H3,(H,30,32). The van der Waals surface area contributed by atoms with E-state index in [1.54, 1.807) is 0 Å². The maximum Gasteiger partial charge on any atom is 0.347 e. The Labute approximate surface area is 238 Å². The van der Waals surface area contributed by atoms with Gasteiger partial charge in [0, 0.05) is 13.5 Å². The van der Waals surface area contributed by atoms with Gasteiger partial charge in [0.25, 0.3) is 0 Å². The first-order valence-electron chi connectivity index (χ1n) is 13.2. The number of amides is 1. The predicted molar refractivity (Wildman–Crippen MR) is 145 cm³/mol. The summed E-state index contributed by atoms with van der Waals surface area (Å²) in [6, 6.07) is 12.9. The molecule has 12 heteroatoms. The second kappa shape index (κ2) is 16.9. The van der Waals surface area contributed by atoms with E-state index in [0.29, 0.717) is 6.42 Å². The molecule has 0 saturated carbocycles. The molecule has 0 bridgehead atoms. The molecule has 0 saturated heterocycles. The van der Waals surface area contributed by atoms with Gasteiger partial charge in [-0.05, 0) is 43.5 Å². The molecule has 0 radical (unpaired) electrons. The Hall–Kier alpha value is -4.03. The van der Waals surface area contributed by atoms with Crippen molar-refractivity contribution in [2.45, 2.75) is 64.4 Å². The molecule has 1 amide bonds. The third-order valence-corrected chi connectivity index (χ3v) is 5.79. The Kier molecular flexibility index (Phi) is 13.7. The highest BCUT2D eigenvalue weighted by Gasteiger charge is 2.27. The molecule has 0 aliphatic heterocycles. The van der Waals surface area contributed by atoms with Gasteiger partial charge in [0.15, 0.2) is 12.2 Å². The third kappa shape index (κ3) is 11.9. The van der Waals surface area contributed by atoms with Crippen molar-refractivity contribution in [1.29, 1.82) is 0 Å². The number of benzene rings is 2. The van der Waals surface area contributed by atoms with Crippen molar-refractivity contribution >= 4 is 40.6 Å². The van der Waals surface area contributed by atoms with Crippen molar-refractivity contribution in [2.24, 2.45) is 0 Å². The van der Waals surface area contributed by atoms with E-state index in [4.69, 9.17) is 23.7 Å². The molecule has 2 aromatic rings. The number of hydrogen-bond donors (Lipinski definition) is 2. The van der Waals surface area contributed by atoms with E-state index < -0.39 is 54.1 Å². The minimum Gasteiger partial charge on any atom is -0.463 e. The Morgan fingerprint density at radius 3 is 2.15 bits per heavy atom. The van der Waals surface area contributed by atoms with E-state index >= 15 is 0 Å². The maximum absolute atomic E-state index is 12.6. The van der Waals surface area contributed by atoms with Crippen LogP contribution in [0.25, 0.3) is 10.8 Å². The van der Waals surface area contributed by atoms with Gasteiger partial charge < -0.3 is 34.1 Å². The minimum atomic E-state index is -1.43. The van der Waals surface area contributed by atoms with Crippen LogP contribution in [0.3, 0.4) is 0 Å². The van der Waals surface area contributed by atoms with Crippen LogP contribution >= 0.6 is 0 Å². The molecule has 0 aromatic heterocycles. The van der Waals surface area contributed by atoms with Gasteiger partial charge >= 0.3 is 23.9 Å². The van der Waals surface area contributed by atoms with E-state index in [1.165, 1.54) is 27.9 Å². The number of methoxy groups -OCH3 is 1. The number of aliphatic hydroxyl groups excluding tert-OH is 1. The van der Waals surface area contributed by atoms with E-state index in [0.717, 1.165) is 16.3 Å². The average Bonchev–Trinajstić information content (AvgIpc) is 2.94. The fraction of sp³-hybridized carbons (Fsp3) is 0.483. The van der Waals surface area contributed by atoms with Crippen molar-refractivity contribution in [3.63, 3.8) is 0 Å². The summed E-state index contributed by atoms with van der Waals surface area (Å²) in [5, 5.41) is 14.0. The van der Waals surface area contributed by atoms with Crippen molar-refractivity contribution in [2.75, 3.05) is 26.9 Å². The summed E-state index contributed by atoms with van der Waals surface area (Å²) in [6.07, 6.45) is -4.08. The monoisotopic (exact) mass is 575 g/mol. The van der Waals surface area contributed by atoms with Gasteiger partial charge in [-0.15, -0.1) is 0 Å². The molecule has 2 aromatic carbocycles. The van der Waals surface area contributed by atoms with Crippen LogP contribution in [0, 0.1) is 0 Å². The number of carbonyl (C=O) groups excluding carboxylic acids is 5. The van der Waals surface area contributed by atoms with Crippen LogP contribution in [0.2, 0.25) is 0 Å². The second-order valence-electron chi connectivity index (χ2n) is 9.33. The Morgan fingerprint density at radius 2 is 1.46 bits per heavy atom. The molecular formula is C29H37NO11. The van der Waals surface area contributed by atoms with E-state index in [2.05, 4.69) is 5.32 Å². The molecule has 2 N–H and O–H groups in total. The molecule has 0 heterocycles. The van der Waals surface area contributed by atoms with Crippen molar-refractivity contribution in [3.05, 3.63) is 48.0 Å². The number of nitrogens with one attached hydrogen (secondary N) is 1. The zero-order chi connectivity index (χ0) is 30.4. The summed E-state index contributed by atoms with van der Waals surface area (Å²) in [4.78, 5) is 60.6. The molecule has 0 aliphatic carbocycles. The number of esters is 4. The molecule has 4 unspecified atom stereocenters. The number of hydrogen-bond acceptors (Lipinski definition) is 11. The van der Waals surface area contributed by atoms with Crippen molar-refractivity contribution < 1.29 is 52.8 Å². The van der Waals surface area contributed by atoms with E-state index in [-0.39, 0.29) is 32.7 Å². The van der Waals surface area contributed by atoms with Gasteiger partial charge in [-0.2, -0.15) is 0 Å². The summed E-state index contributed by atoms with van der Waals surface area (Å²) in [5.41, 5.74) is 0.872. The molecular weight excluding hydrogens is 538 g/mol. The fourth-order valence-electron chi connectivity index (χ4n) is 3.57. The lowest BCUT2D eigenvalue weighted by Gasteiger charge is -2.21. The van der Waals surface area contributed by atoms with Gasteiger partial charge in [-0.25, -0.2) is 14.4 Å². The van der Waals surface area contributed by atoms with Gasteiger partial charge in [-0.1, -0.05) is 42.5 Å². The highest BCUT2D eigenvalue weighted by atomic mass is 16.6. The molecule has 0 aliphatic rings. The Morgan fingerprint density at radius 1 is 0.805 bits per heavy atom. The van der Waals surface area contributed by atoms with Gasteiger partial charge in [0.1, 0.15) is 19.3 Å². The number of carbonyl (C=O) groups is 5. The average molecular weight is 576 g/mol. The molecule has 2 rings (SSSR count). The van der Waals surface area contributed by atoms with Crippen LogP contribution in [0.1, 0.15) is 39.2 Å². The normalized spacial score (nSPS) is 13.8. The Balaban J connectivity index is 2.00. The summed E-state index contributed by atoms with van der Waals surface area (Å²) >= 11 is 0. The van der Waals surface area contributed by atoms with E-state index in [9.17, 15) is 29.1 Å². The SMILES string of the molecule is COCCOC(=O)CCC(=O)NC(COC(=O)C(C)OC(=O)C(C)OC(=O)C(C)O)Cc1ccc2ccccc2c1. The highest BCUT2D eigenvalue weighted by molar-refractivity contribution is 5.84. The number of ether oxygens (including phenoxy) is 5. The lowest BCUT2D eigenvalue weighted by atomic mass is 10.0. The topological polar surface area (TPSA) is 164 Å². The second-order valence-corrected chi connectivity index (χ2v) is 9.33. The van der Waals surface area contributed by atoms with Crippen LogP contribution in [0.4, 0.5) is 0 Å². The first-order valence-corrected chi connectivity index (χ1v) is 13.2. The summed E-state index contributed by atoms with van der Waals surface area (Å²) < 4.78 is 24.9. The van der Waals surface area contributed by atoms with Crippen molar-refractivity contribution in [3.8, 4) is 0 Å². The third-order valence-electron chi connectivity index (χ3n) is 5.79. The van der Waals surface area contributed by atoms with Gasteiger partial charge in [0.2, 0.25) is 5.91 Å². The quantitative estimate of drug-likeness (QED) is 0.170. The lowest BCUT2D eigenvalue weighted by Crippen LogP contribution is -2.42. The lowest BCUT2D eigenvalue weighted by molar-refractivity contribution is -0.179. The van der Waals surface area contributed by atoms with Gasteiger partial charge in [0.05, 0.1) is 19.1 Å². The van der Waals surface area contributed by atoms with Crippen LogP contribution < -0.4 is 5.32 Å². The largest absolute Gasteiger partial charge is 0.463 e. The van der Waals surface area contributed by atoms with Gasteiger partial charge in [-0.3, -0.25) is 9.59 Å². The predicted octanol–water partition coefficient (Wildman–Crippen LogP) is 1.62. The summed E-state index contributed by atoms with van der Waals surface area (Å²) in [6.45, 7) is 3.80. The highest BCUT2D eigenvalue weighted by Crippen LogP contribution is 2.17. The first-order chi connectivity index (χ1) is 19.5. The molecule has 0 fully saturated rings. The fourth-order valence-corrected chi connectivity index (χ4v) is 3.57. The van der Waals surface area contributed by atoms with Crippen LogP contribution in [0.5, 0.6) is 0 Å². The Bertz CT molecular complexity index is 1200. The van der Waals surface area contributed by atoms with Crippen LogP contribution in [-0.4, -0.2) is 86.2 Å². The molecule has 0 spiro atoms. The zero-order valence-electron chi connectivity index (χ0n) is 23.6. The van der Waals surface area contributed by atoms with Crippen LogP contribution in [0.15, 0.2) is 42.5 Å². The maximum atomic E-state index is 12.6. The first kappa shape index (κ1) is 33.2. The smallest absolute Gasteiger partial charge is 0.347 e. The molecule has 41 heavy (non-hydrogen) atoms. The number of rotatable bonds is 16. The summed E-state index contributed by atoms with van der Waals surface area (Å²) in [5.74, 6) is -3.88. The minimum absolute atomic E-state index is 0.0853. The van der Waals surface area contributed by atoms with Crippen LogP contribution in [-0.2, 0) is 54.1 Å². The molecule has 4 atom stereocenters.